The summed E-state index contributed by atoms with van der Waals surface area (Å²) < 4.78 is 4.94. The van der Waals surface area contributed by atoms with Gasteiger partial charge in [-0.25, -0.2) is 0 Å². The number of H-pyrrole nitrogens is 1. The third-order valence-corrected chi connectivity index (χ3v) is 1.92. The van der Waals surface area contributed by atoms with Crippen LogP contribution in [0.5, 0.6) is 0 Å². The molecular weight excluding hydrogens is 196 g/mol. The van der Waals surface area contributed by atoms with Crippen molar-refractivity contribution in [2.24, 2.45) is 5.92 Å². The Morgan fingerprint density at radius 3 is 3.07 bits per heavy atom. The van der Waals surface area contributed by atoms with E-state index in [0.29, 0.717) is 24.5 Å². The third kappa shape index (κ3) is 3.59. The molecule has 6 heteroatoms. The number of hydrogen-bond acceptors (Lipinski definition) is 4. The Labute approximate surface area is 88.2 Å². The lowest BCUT2D eigenvalue weighted by Gasteiger charge is -2.09. The van der Waals surface area contributed by atoms with Gasteiger partial charge in [-0.3, -0.25) is 9.89 Å². The Bertz CT molecular complexity index is 324. The Kier molecular flexibility index (Phi) is 4.11. The highest BCUT2D eigenvalue weighted by atomic mass is 16.5. The maximum atomic E-state index is 11.5. The molecule has 0 aliphatic heterocycles. The summed E-state index contributed by atoms with van der Waals surface area (Å²) in [5.74, 6) is 0.527. The van der Waals surface area contributed by atoms with E-state index in [-0.39, 0.29) is 11.8 Å². The highest BCUT2D eigenvalue weighted by molar-refractivity contribution is 5.92. The van der Waals surface area contributed by atoms with Gasteiger partial charge in [0, 0.05) is 20.1 Å². The molecule has 1 unspecified atom stereocenters. The van der Waals surface area contributed by atoms with Crippen LogP contribution in [0, 0.1) is 5.92 Å². The van der Waals surface area contributed by atoms with Crippen LogP contribution in [0.3, 0.4) is 0 Å². The zero-order valence-electron chi connectivity index (χ0n) is 8.91. The molecule has 15 heavy (non-hydrogen) atoms. The standard InChI is InChI=1S/C9H16N4O2/c1-6(5-15-2)3-8(14)12-9-7(10)4-11-13-9/h4,6H,3,5,10H2,1-2H3,(H2,11,12,13,14). The topological polar surface area (TPSA) is 93.0 Å². The van der Waals surface area contributed by atoms with Crippen LogP contribution in [0.2, 0.25) is 0 Å². The lowest BCUT2D eigenvalue weighted by atomic mass is 10.1. The Morgan fingerprint density at radius 1 is 1.80 bits per heavy atom. The van der Waals surface area contributed by atoms with E-state index in [9.17, 15) is 4.79 Å². The minimum Gasteiger partial charge on any atom is -0.394 e. The summed E-state index contributed by atoms with van der Waals surface area (Å²) >= 11 is 0. The van der Waals surface area contributed by atoms with Gasteiger partial charge < -0.3 is 15.8 Å². The normalized spacial score (nSPS) is 12.4. The molecule has 0 radical (unpaired) electrons. The van der Waals surface area contributed by atoms with Crippen LogP contribution in [0.4, 0.5) is 11.5 Å². The molecule has 6 nitrogen and oxygen atoms in total. The van der Waals surface area contributed by atoms with Gasteiger partial charge in [-0.2, -0.15) is 5.10 Å². The molecule has 0 aliphatic rings. The highest BCUT2D eigenvalue weighted by Gasteiger charge is 2.11. The lowest BCUT2D eigenvalue weighted by Crippen LogP contribution is -2.18. The Hall–Kier alpha value is -1.56. The number of anilines is 2. The molecule has 84 valence electrons. The van der Waals surface area contributed by atoms with Crippen molar-refractivity contribution < 1.29 is 9.53 Å². The van der Waals surface area contributed by atoms with Crippen LogP contribution in [0.1, 0.15) is 13.3 Å². The average Bonchev–Trinajstić information content (AvgIpc) is 2.52. The average molecular weight is 212 g/mol. The van der Waals surface area contributed by atoms with Gasteiger partial charge in [0.1, 0.15) is 0 Å². The van der Waals surface area contributed by atoms with Crippen molar-refractivity contribution in [2.75, 3.05) is 24.8 Å². The number of carbonyl (C=O) groups is 1. The first-order valence-electron chi connectivity index (χ1n) is 4.71. The zero-order valence-corrected chi connectivity index (χ0v) is 8.91. The van der Waals surface area contributed by atoms with E-state index in [2.05, 4.69) is 15.5 Å². The second kappa shape index (κ2) is 5.35. The van der Waals surface area contributed by atoms with Crippen molar-refractivity contribution in [3.8, 4) is 0 Å². The number of nitrogen functional groups attached to an aromatic ring is 1. The monoisotopic (exact) mass is 212 g/mol. The van der Waals surface area contributed by atoms with Gasteiger partial charge in [0.05, 0.1) is 11.9 Å². The summed E-state index contributed by atoms with van der Waals surface area (Å²) in [5, 5.41) is 8.95. The minimum atomic E-state index is -0.101. The molecule has 0 spiro atoms. The maximum Gasteiger partial charge on any atom is 0.225 e. The molecule has 0 saturated heterocycles. The van der Waals surface area contributed by atoms with Crippen molar-refractivity contribution in [1.82, 2.24) is 10.2 Å². The first-order valence-corrected chi connectivity index (χ1v) is 4.71. The molecular formula is C9H16N4O2. The van der Waals surface area contributed by atoms with E-state index in [1.54, 1.807) is 7.11 Å². The van der Waals surface area contributed by atoms with Crippen molar-refractivity contribution in [2.45, 2.75) is 13.3 Å². The summed E-state index contributed by atoms with van der Waals surface area (Å²) in [6.07, 6.45) is 1.85. The van der Waals surface area contributed by atoms with Crippen molar-refractivity contribution in [1.29, 1.82) is 0 Å². The number of amides is 1. The quantitative estimate of drug-likeness (QED) is 0.666. The second-order valence-electron chi connectivity index (χ2n) is 3.51. The van der Waals surface area contributed by atoms with E-state index >= 15 is 0 Å². The number of nitrogens with two attached hydrogens (primary N) is 1. The molecule has 0 aromatic carbocycles. The van der Waals surface area contributed by atoms with E-state index < -0.39 is 0 Å². The lowest BCUT2D eigenvalue weighted by molar-refractivity contribution is -0.117. The zero-order chi connectivity index (χ0) is 11.3. The smallest absolute Gasteiger partial charge is 0.225 e. The van der Waals surface area contributed by atoms with Crippen LogP contribution in [0.15, 0.2) is 6.20 Å². The summed E-state index contributed by atoms with van der Waals surface area (Å²) in [6.45, 7) is 2.51. The van der Waals surface area contributed by atoms with Crippen LogP contribution >= 0.6 is 0 Å². The minimum absolute atomic E-state index is 0.101. The number of rotatable bonds is 5. The molecule has 1 atom stereocenters. The van der Waals surface area contributed by atoms with E-state index in [1.165, 1.54) is 6.20 Å². The summed E-state index contributed by atoms with van der Waals surface area (Å²) in [6, 6.07) is 0. The fourth-order valence-corrected chi connectivity index (χ4v) is 1.25. The highest BCUT2D eigenvalue weighted by Crippen LogP contribution is 2.13. The molecule has 1 heterocycles. The van der Waals surface area contributed by atoms with E-state index in [0.717, 1.165) is 0 Å². The van der Waals surface area contributed by atoms with Gasteiger partial charge in [-0.15, -0.1) is 0 Å². The number of ether oxygens (including phenoxy) is 1. The number of aromatic amines is 1. The SMILES string of the molecule is COCC(C)CC(=O)Nc1[nH]ncc1N. The van der Waals surface area contributed by atoms with Gasteiger partial charge in [-0.1, -0.05) is 6.92 Å². The van der Waals surface area contributed by atoms with Crippen molar-refractivity contribution in [3.63, 3.8) is 0 Å². The van der Waals surface area contributed by atoms with Crippen LogP contribution in [-0.4, -0.2) is 29.8 Å². The number of methoxy groups -OCH3 is 1. The second-order valence-corrected chi connectivity index (χ2v) is 3.51. The molecule has 1 amide bonds. The molecule has 0 bridgehead atoms. The van der Waals surface area contributed by atoms with Crippen molar-refractivity contribution >= 4 is 17.4 Å². The molecule has 0 fully saturated rings. The fraction of sp³-hybridized carbons (Fsp3) is 0.556. The first-order chi connectivity index (χ1) is 7.13. The molecule has 4 N–H and O–H groups in total. The number of carbonyl (C=O) groups excluding carboxylic acids is 1. The summed E-state index contributed by atoms with van der Waals surface area (Å²) in [7, 11) is 1.61. The molecule has 1 aromatic rings. The van der Waals surface area contributed by atoms with Gasteiger partial charge >= 0.3 is 0 Å². The Balaban J connectivity index is 2.40. The first kappa shape index (κ1) is 11.5. The third-order valence-electron chi connectivity index (χ3n) is 1.92. The molecule has 1 aromatic heterocycles. The molecule has 1 rings (SSSR count). The summed E-state index contributed by atoms with van der Waals surface area (Å²) in [4.78, 5) is 11.5. The van der Waals surface area contributed by atoms with Crippen LogP contribution in [-0.2, 0) is 9.53 Å². The summed E-state index contributed by atoms with van der Waals surface area (Å²) in [5.41, 5.74) is 5.98. The molecule has 0 saturated carbocycles. The van der Waals surface area contributed by atoms with E-state index in [1.807, 2.05) is 6.92 Å². The largest absolute Gasteiger partial charge is 0.394 e. The Morgan fingerprint density at radius 2 is 2.53 bits per heavy atom. The van der Waals surface area contributed by atoms with Crippen LogP contribution in [0.25, 0.3) is 0 Å². The predicted octanol–water partition coefficient (Wildman–Crippen LogP) is 0.603. The number of nitrogens with one attached hydrogen (secondary N) is 2. The number of aromatic nitrogens is 2. The van der Waals surface area contributed by atoms with Crippen LogP contribution < -0.4 is 11.1 Å². The van der Waals surface area contributed by atoms with Gasteiger partial charge in [-0.05, 0) is 5.92 Å². The van der Waals surface area contributed by atoms with Gasteiger partial charge in [0.2, 0.25) is 5.91 Å². The van der Waals surface area contributed by atoms with Gasteiger partial charge in [0.25, 0.3) is 0 Å². The number of hydrogen-bond donors (Lipinski definition) is 3. The van der Waals surface area contributed by atoms with Gasteiger partial charge in [0.15, 0.2) is 5.82 Å². The molecule has 0 aliphatic carbocycles. The predicted molar refractivity (Wildman–Crippen MR) is 57.3 cm³/mol. The fourth-order valence-electron chi connectivity index (χ4n) is 1.25. The number of nitrogens with zero attached hydrogens (tertiary/aromatic N) is 1. The van der Waals surface area contributed by atoms with E-state index in [4.69, 9.17) is 10.5 Å². The van der Waals surface area contributed by atoms with Crippen molar-refractivity contribution in [3.05, 3.63) is 6.20 Å². The maximum absolute atomic E-state index is 11.5.